The van der Waals surface area contributed by atoms with Crippen LogP contribution in [0.2, 0.25) is 0 Å². The van der Waals surface area contributed by atoms with Gasteiger partial charge >= 0.3 is 0 Å². The van der Waals surface area contributed by atoms with Crippen LogP contribution >= 0.6 is 0 Å². The molecule has 0 aliphatic heterocycles. The molecule has 0 spiro atoms. The molecular weight excluding hydrogens is 326 g/mol. The van der Waals surface area contributed by atoms with Gasteiger partial charge in [0, 0.05) is 12.1 Å². The molecule has 0 aliphatic rings. The van der Waals surface area contributed by atoms with E-state index in [4.69, 9.17) is 5.73 Å². The molecule has 2 aromatic rings. The molecule has 2 amide bonds. The molecule has 0 saturated carbocycles. The molecule has 0 aliphatic carbocycles. The zero-order valence-electron chi connectivity index (χ0n) is 15.8. The quantitative estimate of drug-likeness (QED) is 0.746. The third-order valence-corrected chi connectivity index (χ3v) is 4.40. The van der Waals surface area contributed by atoms with Crippen LogP contribution in [-0.2, 0) is 4.79 Å². The summed E-state index contributed by atoms with van der Waals surface area (Å²) in [4.78, 5) is 24.3. The number of rotatable bonds is 6. The average Bonchev–Trinajstić information content (AvgIpc) is 2.59. The maximum Gasteiger partial charge on any atom is 0.251 e. The fourth-order valence-corrected chi connectivity index (χ4v) is 2.89. The predicted molar refractivity (Wildman–Crippen MR) is 104 cm³/mol. The van der Waals surface area contributed by atoms with E-state index in [9.17, 15) is 9.59 Å². The third-order valence-electron chi connectivity index (χ3n) is 4.40. The Balaban J connectivity index is 2.16. The van der Waals surface area contributed by atoms with E-state index in [2.05, 4.69) is 10.6 Å². The second-order valence-corrected chi connectivity index (χ2v) is 6.75. The number of carbonyl (C=O) groups excluding carboxylic acids is 2. The zero-order chi connectivity index (χ0) is 19.3. The Bertz CT molecular complexity index is 795. The highest BCUT2D eigenvalue weighted by Crippen LogP contribution is 2.17. The molecule has 138 valence electrons. The van der Waals surface area contributed by atoms with Crippen molar-refractivity contribution < 1.29 is 9.59 Å². The SMILES string of the molecule is Cc1cc(C)cc(C(=O)NC[C@H](NC(=O)CN)c2ccc(C)c(C)c2)c1. The minimum absolute atomic E-state index is 0.0909. The highest BCUT2D eigenvalue weighted by molar-refractivity contribution is 5.94. The van der Waals surface area contributed by atoms with E-state index >= 15 is 0 Å². The molecule has 0 aromatic heterocycles. The van der Waals surface area contributed by atoms with Gasteiger partial charge in [0.15, 0.2) is 0 Å². The topological polar surface area (TPSA) is 84.2 Å². The fourth-order valence-electron chi connectivity index (χ4n) is 2.89. The number of carbonyl (C=O) groups is 2. The van der Waals surface area contributed by atoms with Gasteiger partial charge in [-0.1, -0.05) is 35.4 Å². The molecule has 2 aromatic carbocycles. The average molecular weight is 353 g/mol. The number of nitrogens with one attached hydrogen (secondary N) is 2. The Hall–Kier alpha value is -2.66. The summed E-state index contributed by atoms with van der Waals surface area (Å²) in [5, 5.41) is 5.80. The van der Waals surface area contributed by atoms with Gasteiger partial charge < -0.3 is 16.4 Å². The summed E-state index contributed by atoms with van der Waals surface area (Å²) in [6.07, 6.45) is 0. The van der Waals surface area contributed by atoms with Crippen molar-refractivity contribution in [1.82, 2.24) is 10.6 Å². The molecule has 1 atom stereocenters. The Morgan fingerprint density at radius 3 is 2.19 bits per heavy atom. The molecule has 2 rings (SSSR count). The van der Waals surface area contributed by atoms with Crippen molar-refractivity contribution in [2.75, 3.05) is 13.1 Å². The predicted octanol–water partition coefficient (Wildman–Crippen LogP) is 2.47. The molecule has 0 unspecified atom stereocenters. The second kappa shape index (κ2) is 8.63. The van der Waals surface area contributed by atoms with Crippen molar-refractivity contribution in [3.8, 4) is 0 Å². The molecule has 5 nitrogen and oxygen atoms in total. The smallest absolute Gasteiger partial charge is 0.251 e. The normalized spacial score (nSPS) is 11.7. The maximum absolute atomic E-state index is 12.5. The van der Waals surface area contributed by atoms with E-state index in [0.717, 1.165) is 22.3 Å². The molecule has 0 heterocycles. The number of hydrogen-bond acceptors (Lipinski definition) is 3. The van der Waals surface area contributed by atoms with Crippen LogP contribution in [0.25, 0.3) is 0 Å². The summed E-state index contributed by atoms with van der Waals surface area (Å²) in [5.74, 6) is -0.415. The van der Waals surface area contributed by atoms with Crippen LogP contribution in [-0.4, -0.2) is 24.9 Å². The first-order valence-corrected chi connectivity index (χ1v) is 8.73. The van der Waals surface area contributed by atoms with Gasteiger partial charge in [-0.2, -0.15) is 0 Å². The number of hydrogen-bond donors (Lipinski definition) is 3. The monoisotopic (exact) mass is 353 g/mol. The summed E-state index contributed by atoms with van der Waals surface area (Å²) in [6, 6.07) is 11.4. The van der Waals surface area contributed by atoms with E-state index in [1.165, 1.54) is 5.56 Å². The molecule has 0 saturated heterocycles. The Morgan fingerprint density at radius 2 is 1.62 bits per heavy atom. The number of aryl methyl sites for hydroxylation is 4. The van der Waals surface area contributed by atoms with Crippen molar-refractivity contribution in [3.63, 3.8) is 0 Å². The largest absolute Gasteiger partial charge is 0.350 e. The van der Waals surface area contributed by atoms with Gasteiger partial charge in [0.1, 0.15) is 0 Å². The van der Waals surface area contributed by atoms with Crippen LogP contribution in [0.15, 0.2) is 36.4 Å². The van der Waals surface area contributed by atoms with E-state index in [1.807, 2.05) is 64.1 Å². The molecule has 0 bridgehead atoms. The van der Waals surface area contributed by atoms with Crippen LogP contribution in [0.5, 0.6) is 0 Å². The molecular formula is C21H27N3O2. The number of nitrogens with two attached hydrogens (primary N) is 1. The second-order valence-electron chi connectivity index (χ2n) is 6.75. The molecule has 26 heavy (non-hydrogen) atoms. The molecule has 0 radical (unpaired) electrons. The Labute approximate surface area is 155 Å². The Kier molecular flexibility index (Phi) is 6.52. The van der Waals surface area contributed by atoms with Crippen LogP contribution in [0.1, 0.15) is 44.2 Å². The Morgan fingerprint density at radius 1 is 0.962 bits per heavy atom. The first-order chi connectivity index (χ1) is 12.3. The van der Waals surface area contributed by atoms with E-state index in [-0.39, 0.29) is 24.4 Å². The highest BCUT2D eigenvalue weighted by Gasteiger charge is 2.16. The third kappa shape index (κ3) is 5.17. The molecule has 4 N–H and O–H groups in total. The van der Waals surface area contributed by atoms with Gasteiger partial charge in [0.25, 0.3) is 5.91 Å². The van der Waals surface area contributed by atoms with Crippen molar-refractivity contribution >= 4 is 11.8 Å². The van der Waals surface area contributed by atoms with Crippen LogP contribution in [0.3, 0.4) is 0 Å². The zero-order valence-corrected chi connectivity index (χ0v) is 15.8. The molecule has 0 fully saturated rings. The van der Waals surface area contributed by atoms with Gasteiger partial charge in [0.05, 0.1) is 12.6 Å². The first kappa shape index (κ1) is 19.7. The number of benzene rings is 2. The summed E-state index contributed by atoms with van der Waals surface area (Å²) in [6.45, 7) is 8.18. The fraction of sp³-hybridized carbons (Fsp3) is 0.333. The molecule has 5 heteroatoms. The number of amides is 2. The van der Waals surface area contributed by atoms with E-state index in [1.54, 1.807) is 0 Å². The summed E-state index contributed by atoms with van der Waals surface area (Å²) < 4.78 is 0. The summed E-state index contributed by atoms with van der Waals surface area (Å²) in [7, 11) is 0. The van der Waals surface area contributed by atoms with E-state index in [0.29, 0.717) is 12.1 Å². The maximum atomic E-state index is 12.5. The minimum Gasteiger partial charge on any atom is -0.350 e. The van der Waals surface area contributed by atoms with Crippen molar-refractivity contribution in [2.24, 2.45) is 5.73 Å². The van der Waals surface area contributed by atoms with Crippen molar-refractivity contribution in [1.29, 1.82) is 0 Å². The van der Waals surface area contributed by atoms with Crippen LogP contribution < -0.4 is 16.4 Å². The van der Waals surface area contributed by atoms with Gasteiger partial charge in [-0.3, -0.25) is 9.59 Å². The van der Waals surface area contributed by atoms with E-state index < -0.39 is 0 Å². The minimum atomic E-state index is -0.333. The van der Waals surface area contributed by atoms with Crippen LogP contribution in [0.4, 0.5) is 0 Å². The van der Waals surface area contributed by atoms with Gasteiger partial charge in [-0.15, -0.1) is 0 Å². The lowest BCUT2D eigenvalue weighted by Gasteiger charge is -2.21. The summed E-state index contributed by atoms with van der Waals surface area (Å²) >= 11 is 0. The highest BCUT2D eigenvalue weighted by atomic mass is 16.2. The van der Waals surface area contributed by atoms with Crippen molar-refractivity contribution in [3.05, 3.63) is 69.8 Å². The van der Waals surface area contributed by atoms with Gasteiger partial charge in [-0.05, 0) is 56.5 Å². The van der Waals surface area contributed by atoms with Gasteiger partial charge in [-0.25, -0.2) is 0 Å². The van der Waals surface area contributed by atoms with Gasteiger partial charge in [0.2, 0.25) is 5.91 Å². The summed E-state index contributed by atoms with van der Waals surface area (Å²) in [5.41, 5.74) is 11.4. The standard InChI is InChI=1S/C21H27N3O2/c1-13-7-14(2)9-18(8-13)21(26)23-12-19(24-20(25)11-22)17-6-5-15(3)16(4)10-17/h5-10,19H,11-12,22H2,1-4H3,(H,23,26)(H,24,25)/t19-/m0/s1. The van der Waals surface area contributed by atoms with Crippen molar-refractivity contribution in [2.45, 2.75) is 33.7 Å². The lowest BCUT2D eigenvalue weighted by molar-refractivity contribution is -0.120. The first-order valence-electron chi connectivity index (χ1n) is 8.73. The lowest BCUT2D eigenvalue weighted by atomic mass is 10.0. The lowest BCUT2D eigenvalue weighted by Crippen LogP contribution is -2.40. The van der Waals surface area contributed by atoms with Crippen LogP contribution in [0, 0.1) is 27.7 Å².